The lowest BCUT2D eigenvalue weighted by atomic mass is 9.97. The highest BCUT2D eigenvalue weighted by atomic mass is 16.5. The van der Waals surface area contributed by atoms with Gasteiger partial charge in [-0.15, -0.1) is 0 Å². The first kappa shape index (κ1) is 25.5. The molecule has 0 saturated heterocycles. The van der Waals surface area contributed by atoms with Crippen molar-refractivity contribution in [3.05, 3.63) is 17.7 Å². The molecule has 0 spiro atoms. The van der Waals surface area contributed by atoms with E-state index in [2.05, 4.69) is 10.6 Å². The van der Waals surface area contributed by atoms with E-state index in [1.807, 2.05) is 6.92 Å². The Hall–Kier alpha value is -3.50. The normalized spacial score (nSPS) is 13.4. The summed E-state index contributed by atoms with van der Waals surface area (Å²) >= 11 is 0. The third-order valence-electron chi connectivity index (χ3n) is 4.88. The van der Waals surface area contributed by atoms with Gasteiger partial charge in [-0.3, -0.25) is 14.4 Å². The predicted molar refractivity (Wildman–Crippen MR) is 113 cm³/mol. The summed E-state index contributed by atoms with van der Waals surface area (Å²) in [6, 6.07) is 0.452. The molecule has 0 heterocycles. The summed E-state index contributed by atoms with van der Waals surface area (Å²) in [6.45, 7) is 3.56. The molecular weight excluding hydrogens is 408 g/mol. The van der Waals surface area contributed by atoms with Gasteiger partial charge in [0, 0.05) is 18.2 Å². The number of benzene rings is 1. The van der Waals surface area contributed by atoms with Crippen LogP contribution in [0.1, 0.15) is 43.5 Å². The lowest BCUT2D eigenvalue weighted by Gasteiger charge is -2.26. The Labute approximate surface area is 180 Å². The van der Waals surface area contributed by atoms with Crippen molar-refractivity contribution in [1.29, 1.82) is 0 Å². The molecule has 3 atom stereocenters. The van der Waals surface area contributed by atoms with Crippen molar-refractivity contribution in [1.82, 2.24) is 10.6 Å². The predicted octanol–water partition coefficient (Wildman–Crippen LogP) is 0.265. The van der Waals surface area contributed by atoms with Crippen LogP contribution in [0.5, 0.6) is 11.5 Å². The van der Waals surface area contributed by atoms with Gasteiger partial charge in [-0.1, -0.05) is 20.3 Å². The highest BCUT2D eigenvalue weighted by molar-refractivity contribution is 6.02. The number of amides is 3. The van der Waals surface area contributed by atoms with Crippen molar-refractivity contribution in [2.24, 2.45) is 11.7 Å². The van der Waals surface area contributed by atoms with Crippen LogP contribution in [0.15, 0.2) is 12.1 Å². The summed E-state index contributed by atoms with van der Waals surface area (Å²) in [5.41, 5.74) is 11.2. The molecule has 0 aliphatic heterocycles. The summed E-state index contributed by atoms with van der Waals surface area (Å²) in [5, 5.41) is 14.3. The number of aliphatic carboxylic acids is 1. The number of nitrogens with two attached hydrogens (primary N) is 2. The molecule has 1 aromatic carbocycles. The van der Waals surface area contributed by atoms with Gasteiger partial charge in [0.2, 0.25) is 11.8 Å². The summed E-state index contributed by atoms with van der Waals surface area (Å²) in [6.07, 6.45) is 0.152. The van der Waals surface area contributed by atoms with Gasteiger partial charge in [-0.2, -0.15) is 0 Å². The van der Waals surface area contributed by atoms with E-state index in [4.69, 9.17) is 20.9 Å². The molecule has 1 unspecified atom stereocenters. The van der Waals surface area contributed by atoms with Crippen LogP contribution >= 0.6 is 0 Å². The number of ether oxygens (including phenoxy) is 2. The Morgan fingerprint density at radius 1 is 1.10 bits per heavy atom. The van der Waals surface area contributed by atoms with E-state index < -0.39 is 35.8 Å². The Kier molecular flexibility index (Phi) is 9.58. The van der Waals surface area contributed by atoms with Crippen molar-refractivity contribution in [2.75, 3.05) is 20.0 Å². The first-order valence-electron chi connectivity index (χ1n) is 9.69. The van der Waals surface area contributed by atoms with E-state index in [9.17, 15) is 24.3 Å². The first-order chi connectivity index (χ1) is 14.5. The van der Waals surface area contributed by atoms with Crippen LogP contribution in [0.25, 0.3) is 0 Å². The zero-order valence-electron chi connectivity index (χ0n) is 18.1. The molecule has 1 rings (SSSR count). The van der Waals surface area contributed by atoms with Gasteiger partial charge in [0.05, 0.1) is 19.8 Å². The monoisotopic (exact) mass is 438 g/mol. The smallest absolute Gasteiger partial charge is 0.326 e. The van der Waals surface area contributed by atoms with E-state index in [0.717, 1.165) is 0 Å². The molecule has 0 aliphatic carbocycles. The summed E-state index contributed by atoms with van der Waals surface area (Å²) in [4.78, 5) is 48.0. The first-order valence-corrected chi connectivity index (χ1v) is 9.69. The number of carbonyl (C=O) groups excluding carboxylic acids is 3. The lowest BCUT2D eigenvalue weighted by Crippen LogP contribution is -2.54. The summed E-state index contributed by atoms with van der Waals surface area (Å²) < 4.78 is 10.3. The maximum atomic E-state index is 12.9. The number of carbonyl (C=O) groups is 4. The lowest BCUT2D eigenvalue weighted by molar-refractivity contribution is -0.142. The fourth-order valence-electron chi connectivity index (χ4n) is 2.82. The molecule has 0 aliphatic rings. The van der Waals surface area contributed by atoms with Gasteiger partial charge in [-0.25, -0.2) is 4.79 Å². The van der Waals surface area contributed by atoms with Gasteiger partial charge < -0.3 is 36.7 Å². The minimum absolute atomic E-state index is 0.0715. The molecule has 0 aromatic heterocycles. The summed E-state index contributed by atoms with van der Waals surface area (Å²) in [7, 11) is 2.83. The van der Waals surface area contributed by atoms with Crippen molar-refractivity contribution in [3.8, 4) is 11.5 Å². The molecule has 0 bridgehead atoms. The van der Waals surface area contributed by atoms with Crippen LogP contribution in [0.4, 0.5) is 5.69 Å². The number of anilines is 1. The molecule has 0 fully saturated rings. The quantitative estimate of drug-likeness (QED) is 0.288. The van der Waals surface area contributed by atoms with Gasteiger partial charge in [0.25, 0.3) is 5.91 Å². The largest absolute Gasteiger partial charge is 0.493 e. The van der Waals surface area contributed by atoms with E-state index >= 15 is 0 Å². The summed E-state index contributed by atoms with van der Waals surface area (Å²) in [5.74, 6) is -3.03. The highest BCUT2D eigenvalue weighted by Crippen LogP contribution is 2.32. The van der Waals surface area contributed by atoms with Crippen LogP contribution in [0, 0.1) is 5.92 Å². The molecule has 11 heteroatoms. The minimum Gasteiger partial charge on any atom is -0.493 e. The maximum absolute atomic E-state index is 12.9. The fourth-order valence-corrected chi connectivity index (χ4v) is 2.82. The fraction of sp³-hybridized carbons (Fsp3) is 0.500. The van der Waals surface area contributed by atoms with Crippen LogP contribution in [-0.4, -0.2) is 55.1 Å². The second kappa shape index (κ2) is 11.6. The zero-order chi connectivity index (χ0) is 23.7. The Balaban J connectivity index is 3.10. The van der Waals surface area contributed by atoms with Crippen molar-refractivity contribution >= 4 is 29.4 Å². The Bertz CT molecular complexity index is 828. The van der Waals surface area contributed by atoms with Gasteiger partial charge in [0.1, 0.15) is 12.1 Å². The Morgan fingerprint density at radius 3 is 2.16 bits per heavy atom. The molecule has 7 N–H and O–H groups in total. The van der Waals surface area contributed by atoms with Crippen LogP contribution < -0.4 is 31.6 Å². The van der Waals surface area contributed by atoms with Gasteiger partial charge in [-0.05, 0) is 18.4 Å². The molecule has 31 heavy (non-hydrogen) atoms. The number of carboxylic acids is 1. The SMILES string of the molecule is CCC(C)[C@@H](NC(=O)c1cc(OC)c(OC)cc1N)C(=O)N[C@@H](CCC(N)=O)C(=O)O. The number of carboxylic acid groups (broad SMARTS) is 1. The maximum Gasteiger partial charge on any atom is 0.326 e. The average molecular weight is 438 g/mol. The van der Waals surface area contributed by atoms with Crippen LogP contribution in [0.3, 0.4) is 0 Å². The topological polar surface area (TPSA) is 183 Å². The number of methoxy groups -OCH3 is 2. The number of primary amides is 1. The van der Waals surface area contributed by atoms with Crippen LogP contribution in [-0.2, 0) is 14.4 Å². The van der Waals surface area contributed by atoms with Crippen LogP contribution in [0.2, 0.25) is 0 Å². The molecule has 11 nitrogen and oxygen atoms in total. The molecule has 3 amide bonds. The second-order valence-corrected chi connectivity index (χ2v) is 7.04. The zero-order valence-corrected chi connectivity index (χ0v) is 18.1. The van der Waals surface area contributed by atoms with Gasteiger partial charge >= 0.3 is 5.97 Å². The Morgan fingerprint density at radius 2 is 1.68 bits per heavy atom. The van der Waals surface area contributed by atoms with Crippen molar-refractivity contribution in [3.63, 3.8) is 0 Å². The highest BCUT2D eigenvalue weighted by Gasteiger charge is 2.30. The number of nitrogens with one attached hydrogen (secondary N) is 2. The molecule has 172 valence electrons. The molecule has 0 radical (unpaired) electrons. The molecular formula is C20H30N4O7. The van der Waals surface area contributed by atoms with E-state index in [-0.39, 0.29) is 35.8 Å². The van der Waals surface area contributed by atoms with E-state index in [1.54, 1.807) is 6.92 Å². The number of rotatable bonds is 12. The number of hydrogen-bond donors (Lipinski definition) is 5. The van der Waals surface area contributed by atoms with Gasteiger partial charge in [0.15, 0.2) is 11.5 Å². The average Bonchev–Trinajstić information content (AvgIpc) is 2.73. The molecule has 1 aromatic rings. The van der Waals surface area contributed by atoms with E-state index in [1.165, 1.54) is 26.4 Å². The van der Waals surface area contributed by atoms with Crippen molar-refractivity contribution < 1.29 is 33.8 Å². The standard InChI is InChI=1S/C20H30N4O7/c1-5-10(2)17(19(27)23-13(20(28)29)6-7-16(22)25)24-18(26)11-8-14(30-3)15(31-4)9-12(11)21/h8-10,13,17H,5-7,21H2,1-4H3,(H2,22,25)(H,23,27)(H,24,26)(H,28,29)/t10?,13-,17+/m0/s1. The second-order valence-electron chi connectivity index (χ2n) is 7.04. The minimum atomic E-state index is -1.32. The number of nitrogen functional groups attached to an aromatic ring is 1. The molecule has 0 saturated carbocycles. The number of hydrogen-bond acceptors (Lipinski definition) is 7. The van der Waals surface area contributed by atoms with E-state index in [0.29, 0.717) is 12.2 Å². The third-order valence-corrected chi connectivity index (χ3v) is 4.88. The van der Waals surface area contributed by atoms with Crippen molar-refractivity contribution in [2.45, 2.75) is 45.2 Å². The third kappa shape index (κ3) is 7.05.